The molecular formula is C24H25N3O2. The van der Waals surface area contributed by atoms with Gasteiger partial charge in [-0.15, -0.1) is 0 Å². The van der Waals surface area contributed by atoms with Gasteiger partial charge in [-0.1, -0.05) is 31.4 Å². The van der Waals surface area contributed by atoms with E-state index < -0.39 is 0 Å². The lowest BCUT2D eigenvalue weighted by atomic mass is 9.96. The van der Waals surface area contributed by atoms with Gasteiger partial charge in [-0.2, -0.15) is 4.98 Å². The van der Waals surface area contributed by atoms with Gasteiger partial charge in [0.25, 0.3) is 6.01 Å². The summed E-state index contributed by atoms with van der Waals surface area (Å²) in [5, 5.41) is 4.75. The molecule has 0 bridgehead atoms. The Bertz CT molecular complexity index is 1170. The van der Waals surface area contributed by atoms with Crippen LogP contribution >= 0.6 is 0 Å². The molecule has 1 aliphatic heterocycles. The molecule has 2 aromatic carbocycles. The molecule has 5 heteroatoms. The van der Waals surface area contributed by atoms with Crippen LogP contribution in [0.3, 0.4) is 0 Å². The first kappa shape index (κ1) is 17.1. The van der Waals surface area contributed by atoms with Crippen molar-refractivity contribution in [1.29, 1.82) is 0 Å². The first-order valence-corrected chi connectivity index (χ1v) is 10.7. The van der Waals surface area contributed by atoms with Crippen LogP contribution in [0, 0.1) is 0 Å². The highest BCUT2D eigenvalue weighted by atomic mass is 16.5. The van der Waals surface area contributed by atoms with Crippen LogP contribution in [0.1, 0.15) is 38.1 Å². The van der Waals surface area contributed by atoms with Gasteiger partial charge in [0.2, 0.25) is 0 Å². The van der Waals surface area contributed by atoms with E-state index in [4.69, 9.17) is 14.1 Å². The molecule has 4 aromatic rings. The standard InChI is InChI=1S/C24H25N3O2/c1-2-4-19(5-3-1)25-24-26-21-13-17(7-9-23(21)29-24)16-6-8-22-18(12-16)10-11-27(22)20-14-28-15-20/h6-13,19-20H,1-5,14-15H2,(H,25,26). The van der Waals surface area contributed by atoms with Gasteiger partial charge in [0, 0.05) is 23.1 Å². The van der Waals surface area contributed by atoms with Crippen molar-refractivity contribution < 1.29 is 9.15 Å². The molecule has 0 amide bonds. The van der Waals surface area contributed by atoms with Crippen LogP contribution in [0.2, 0.25) is 0 Å². The second-order valence-electron chi connectivity index (χ2n) is 8.37. The molecule has 2 aliphatic rings. The van der Waals surface area contributed by atoms with E-state index in [0.29, 0.717) is 18.1 Å². The monoisotopic (exact) mass is 387 g/mol. The molecule has 3 heterocycles. The molecule has 1 aliphatic carbocycles. The van der Waals surface area contributed by atoms with E-state index in [2.05, 4.69) is 52.5 Å². The number of hydrogen-bond acceptors (Lipinski definition) is 4. The smallest absolute Gasteiger partial charge is 0.295 e. The maximum absolute atomic E-state index is 5.94. The molecule has 2 fully saturated rings. The summed E-state index contributed by atoms with van der Waals surface area (Å²) in [6.07, 6.45) is 8.51. The lowest BCUT2D eigenvalue weighted by Crippen LogP contribution is -2.29. The molecule has 1 N–H and O–H groups in total. The maximum atomic E-state index is 5.94. The van der Waals surface area contributed by atoms with E-state index in [1.807, 2.05) is 6.07 Å². The Kier molecular flexibility index (Phi) is 4.08. The van der Waals surface area contributed by atoms with E-state index in [9.17, 15) is 0 Å². The van der Waals surface area contributed by atoms with Crippen molar-refractivity contribution in [3.8, 4) is 11.1 Å². The van der Waals surface area contributed by atoms with Gasteiger partial charge in [-0.25, -0.2) is 0 Å². The molecule has 6 rings (SSSR count). The zero-order valence-corrected chi connectivity index (χ0v) is 16.4. The number of oxazole rings is 1. The fourth-order valence-electron chi connectivity index (χ4n) is 4.64. The molecule has 1 saturated heterocycles. The Morgan fingerprint density at radius 2 is 1.76 bits per heavy atom. The summed E-state index contributed by atoms with van der Waals surface area (Å²) in [7, 11) is 0. The zero-order chi connectivity index (χ0) is 19.2. The van der Waals surface area contributed by atoms with Crippen LogP contribution in [0.4, 0.5) is 6.01 Å². The van der Waals surface area contributed by atoms with Crippen LogP contribution in [-0.4, -0.2) is 28.8 Å². The molecule has 0 atom stereocenters. The summed E-state index contributed by atoms with van der Waals surface area (Å²) in [5.41, 5.74) is 5.38. The molecule has 5 nitrogen and oxygen atoms in total. The fourth-order valence-corrected chi connectivity index (χ4v) is 4.64. The first-order chi connectivity index (χ1) is 14.3. The number of aromatic nitrogens is 2. The third-order valence-electron chi connectivity index (χ3n) is 6.39. The van der Waals surface area contributed by atoms with Crippen molar-refractivity contribution in [2.24, 2.45) is 0 Å². The van der Waals surface area contributed by atoms with Gasteiger partial charge in [0.15, 0.2) is 5.58 Å². The molecular weight excluding hydrogens is 362 g/mol. The van der Waals surface area contributed by atoms with Crippen LogP contribution in [0.15, 0.2) is 53.1 Å². The minimum atomic E-state index is 0.472. The number of rotatable bonds is 4. The second-order valence-corrected chi connectivity index (χ2v) is 8.37. The van der Waals surface area contributed by atoms with Crippen molar-refractivity contribution >= 4 is 28.0 Å². The number of benzene rings is 2. The first-order valence-electron chi connectivity index (χ1n) is 10.7. The van der Waals surface area contributed by atoms with Crippen molar-refractivity contribution in [2.45, 2.75) is 44.2 Å². The topological polar surface area (TPSA) is 52.2 Å². The van der Waals surface area contributed by atoms with E-state index in [1.165, 1.54) is 48.6 Å². The van der Waals surface area contributed by atoms with Gasteiger partial charge in [-0.05, 0) is 54.3 Å². The molecule has 29 heavy (non-hydrogen) atoms. The third-order valence-corrected chi connectivity index (χ3v) is 6.39. The summed E-state index contributed by atoms with van der Waals surface area (Å²) >= 11 is 0. The number of hydrogen-bond donors (Lipinski definition) is 1. The van der Waals surface area contributed by atoms with Crippen LogP contribution in [0.5, 0.6) is 0 Å². The molecule has 1 saturated carbocycles. The third kappa shape index (κ3) is 3.10. The van der Waals surface area contributed by atoms with Gasteiger partial charge in [-0.3, -0.25) is 0 Å². The lowest BCUT2D eigenvalue weighted by molar-refractivity contribution is -0.0213. The number of nitrogens with one attached hydrogen (secondary N) is 1. The van der Waals surface area contributed by atoms with Gasteiger partial charge >= 0.3 is 0 Å². The Labute approximate surface area is 169 Å². The van der Waals surface area contributed by atoms with E-state index in [0.717, 1.165) is 29.9 Å². The Morgan fingerprint density at radius 3 is 2.59 bits per heavy atom. The van der Waals surface area contributed by atoms with Crippen LogP contribution in [0.25, 0.3) is 33.1 Å². The zero-order valence-electron chi connectivity index (χ0n) is 16.4. The van der Waals surface area contributed by atoms with Crippen molar-refractivity contribution in [3.05, 3.63) is 48.7 Å². The molecule has 2 aromatic heterocycles. The number of fused-ring (bicyclic) bond motifs is 2. The average molecular weight is 387 g/mol. The second kappa shape index (κ2) is 6.92. The molecule has 0 radical (unpaired) electrons. The minimum absolute atomic E-state index is 0.472. The number of ether oxygens (including phenoxy) is 1. The summed E-state index contributed by atoms with van der Waals surface area (Å²) in [4.78, 5) is 4.71. The Hall–Kier alpha value is -2.79. The Morgan fingerprint density at radius 1 is 0.931 bits per heavy atom. The van der Waals surface area contributed by atoms with Gasteiger partial charge in [0.05, 0.1) is 19.3 Å². The number of anilines is 1. The highest BCUT2D eigenvalue weighted by Gasteiger charge is 2.21. The molecule has 0 unspecified atom stereocenters. The molecule has 0 spiro atoms. The molecule has 148 valence electrons. The van der Waals surface area contributed by atoms with E-state index in [-0.39, 0.29) is 0 Å². The minimum Gasteiger partial charge on any atom is -0.424 e. The maximum Gasteiger partial charge on any atom is 0.295 e. The highest BCUT2D eigenvalue weighted by molar-refractivity contribution is 5.88. The van der Waals surface area contributed by atoms with Gasteiger partial charge in [0.1, 0.15) is 5.52 Å². The quantitative estimate of drug-likeness (QED) is 0.483. The van der Waals surface area contributed by atoms with Crippen molar-refractivity contribution in [1.82, 2.24) is 9.55 Å². The summed E-state index contributed by atoms with van der Waals surface area (Å²) in [5.74, 6) is 0. The van der Waals surface area contributed by atoms with Crippen molar-refractivity contribution in [2.75, 3.05) is 18.5 Å². The fraction of sp³-hybridized carbons (Fsp3) is 0.375. The predicted octanol–water partition coefficient (Wildman–Crippen LogP) is 5.77. The normalized spacial score (nSPS) is 18.3. The predicted molar refractivity (Wildman–Crippen MR) is 115 cm³/mol. The summed E-state index contributed by atoms with van der Waals surface area (Å²) < 4.78 is 13.6. The number of nitrogens with zero attached hydrogens (tertiary/aromatic N) is 2. The van der Waals surface area contributed by atoms with E-state index in [1.54, 1.807) is 0 Å². The van der Waals surface area contributed by atoms with Gasteiger partial charge < -0.3 is 19.0 Å². The van der Waals surface area contributed by atoms with Crippen LogP contribution in [-0.2, 0) is 4.74 Å². The van der Waals surface area contributed by atoms with Crippen LogP contribution < -0.4 is 5.32 Å². The Balaban J connectivity index is 1.29. The highest BCUT2D eigenvalue weighted by Crippen LogP contribution is 2.31. The summed E-state index contributed by atoms with van der Waals surface area (Å²) in [6, 6.07) is 16.8. The van der Waals surface area contributed by atoms with E-state index >= 15 is 0 Å². The lowest BCUT2D eigenvalue weighted by Gasteiger charge is -2.28. The van der Waals surface area contributed by atoms with Crippen molar-refractivity contribution in [3.63, 3.8) is 0 Å². The SMILES string of the molecule is c1cc2c(ccn2C2COC2)cc1-c1ccc2oc(NC3CCCCC3)nc2c1. The average Bonchev–Trinajstić information content (AvgIpc) is 3.30. The largest absolute Gasteiger partial charge is 0.424 e. The summed E-state index contributed by atoms with van der Waals surface area (Å²) in [6.45, 7) is 1.62.